The molecule has 2 N–H and O–H groups in total. The molecule has 0 spiro atoms. The van der Waals surface area contributed by atoms with Crippen LogP contribution in [0.1, 0.15) is 27.5 Å². The molecule has 0 bridgehead atoms. The highest BCUT2D eigenvalue weighted by Gasteiger charge is 2.32. The van der Waals surface area contributed by atoms with E-state index in [1.54, 1.807) is 42.5 Å². The molecule has 0 radical (unpaired) electrons. The molecule has 0 aliphatic carbocycles. The highest BCUT2D eigenvalue weighted by Crippen LogP contribution is 2.30. The minimum atomic E-state index is -3.69. The van der Waals surface area contributed by atoms with Crippen molar-refractivity contribution in [3.8, 4) is 5.75 Å². The van der Waals surface area contributed by atoms with Gasteiger partial charge >= 0.3 is 0 Å². The SMILES string of the molecule is COc1ccc(Br)cc1C(=O)NC(=S)Nc1ccc(S(=O)(=O)N2CCN(C(c3ccccc3)c3ccccc3)CC2)cc1. The molecule has 8 nitrogen and oxygen atoms in total. The molecule has 1 fully saturated rings. The number of carbonyl (C=O) groups is 1. The molecule has 0 unspecified atom stereocenters. The summed E-state index contributed by atoms with van der Waals surface area (Å²) in [5.74, 6) is -0.0229. The van der Waals surface area contributed by atoms with Crippen molar-refractivity contribution in [3.63, 3.8) is 0 Å². The van der Waals surface area contributed by atoms with Crippen molar-refractivity contribution in [1.29, 1.82) is 0 Å². The van der Waals surface area contributed by atoms with Crippen LogP contribution in [-0.2, 0) is 10.0 Å². The highest BCUT2D eigenvalue weighted by molar-refractivity contribution is 9.10. The first kappa shape index (κ1) is 30.8. The predicted molar refractivity (Wildman–Crippen MR) is 176 cm³/mol. The average Bonchev–Trinajstić information content (AvgIpc) is 3.02. The Balaban J connectivity index is 1.21. The molecule has 4 aromatic carbocycles. The Morgan fingerprint density at radius 2 is 1.44 bits per heavy atom. The Bertz CT molecular complexity index is 1640. The van der Waals surface area contributed by atoms with Crippen LogP contribution in [0.5, 0.6) is 5.75 Å². The quantitative estimate of drug-likeness (QED) is 0.232. The number of sulfonamides is 1. The normalized spacial score (nSPS) is 14.3. The molecule has 4 aromatic rings. The topological polar surface area (TPSA) is 91.0 Å². The molecule has 1 saturated heterocycles. The fourth-order valence-electron chi connectivity index (χ4n) is 5.14. The lowest BCUT2D eigenvalue weighted by Gasteiger charge is -2.39. The van der Waals surface area contributed by atoms with Crippen LogP contribution in [0.2, 0.25) is 0 Å². The van der Waals surface area contributed by atoms with Gasteiger partial charge < -0.3 is 10.1 Å². The lowest BCUT2D eigenvalue weighted by atomic mass is 9.96. The number of ether oxygens (including phenoxy) is 1. The van der Waals surface area contributed by atoms with E-state index < -0.39 is 15.9 Å². The molecule has 0 atom stereocenters. The monoisotopic (exact) mass is 678 g/mol. The molecule has 0 aromatic heterocycles. The highest BCUT2D eigenvalue weighted by atomic mass is 79.9. The largest absolute Gasteiger partial charge is 0.496 e. The average molecular weight is 680 g/mol. The molecule has 1 heterocycles. The first-order valence-corrected chi connectivity index (χ1v) is 16.3. The van der Waals surface area contributed by atoms with Gasteiger partial charge in [0.15, 0.2) is 5.11 Å². The second-order valence-corrected chi connectivity index (χ2v) is 13.2. The van der Waals surface area contributed by atoms with Crippen molar-refractivity contribution in [1.82, 2.24) is 14.5 Å². The zero-order valence-electron chi connectivity index (χ0n) is 23.4. The number of amides is 1. The summed E-state index contributed by atoms with van der Waals surface area (Å²) in [6, 6.07) is 32.1. The van der Waals surface area contributed by atoms with Crippen LogP contribution in [0.25, 0.3) is 0 Å². The molecule has 222 valence electrons. The van der Waals surface area contributed by atoms with Crippen LogP contribution in [0.15, 0.2) is 112 Å². The van der Waals surface area contributed by atoms with Gasteiger partial charge in [-0.1, -0.05) is 76.6 Å². The Morgan fingerprint density at radius 1 is 0.860 bits per heavy atom. The summed E-state index contributed by atoms with van der Waals surface area (Å²) < 4.78 is 34.6. The molecule has 1 aliphatic heterocycles. The lowest BCUT2D eigenvalue weighted by molar-refractivity contribution is 0.0974. The molecular formula is C32H31BrN4O4S2. The number of methoxy groups -OCH3 is 1. The van der Waals surface area contributed by atoms with Crippen molar-refractivity contribution >= 4 is 54.9 Å². The number of halogens is 1. The van der Waals surface area contributed by atoms with E-state index in [0.717, 1.165) is 4.47 Å². The van der Waals surface area contributed by atoms with Gasteiger partial charge in [0, 0.05) is 36.3 Å². The van der Waals surface area contributed by atoms with Crippen LogP contribution in [0.3, 0.4) is 0 Å². The number of nitrogens with one attached hydrogen (secondary N) is 2. The smallest absolute Gasteiger partial charge is 0.261 e. The van der Waals surface area contributed by atoms with E-state index in [2.05, 4.69) is 55.7 Å². The lowest BCUT2D eigenvalue weighted by Crippen LogP contribution is -2.49. The fraction of sp³-hybridized carbons (Fsp3) is 0.188. The van der Waals surface area contributed by atoms with E-state index in [0.29, 0.717) is 43.2 Å². The molecular weight excluding hydrogens is 648 g/mol. The van der Waals surface area contributed by atoms with E-state index in [1.165, 1.54) is 22.5 Å². The predicted octanol–water partition coefficient (Wildman–Crippen LogP) is 5.68. The number of benzene rings is 4. The Labute approximate surface area is 265 Å². The molecule has 1 amide bonds. The number of rotatable bonds is 8. The van der Waals surface area contributed by atoms with Crippen LogP contribution in [-0.4, -0.2) is 61.9 Å². The first-order chi connectivity index (χ1) is 20.8. The third kappa shape index (κ3) is 7.31. The maximum Gasteiger partial charge on any atom is 0.261 e. The second kappa shape index (κ2) is 13.8. The van der Waals surface area contributed by atoms with Crippen LogP contribution >= 0.6 is 28.1 Å². The minimum Gasteiger partial charge on any atom is -0.496 e. The van der Waals surface area contributed by atoms with E-state index in [1.807, 2.05) is 36.4 Å². The van der Waals surface area contributed by atoms with E-state index in [9.17, 15) is 13.2 Å². The second-order valence-electron chi connectivity index (χ2n) is 9.94. The summed E-state index contributed by atoms with van der Waals surface area (Å²) in [5.41, 5.74) is 3.22. The van der Waals surface area contributed by atoms with Gasteiger partial charge in [-0.3, -0.25) is 15.0 Å². The minimum absolute atomic E-state index is 0.0476. The van der Waals surface area contributed by atoms with Gasteiger partial charge in [-0.05, 0) is 65.8 Å². The zero-order chi connectivity index (χ0) is 30.4. The number of anilines is 1. The van der Waals surface area contributed by atoms with Gasteiger partial charge in [0.2, 0.25) is 10.0 Å². The van der Waals surface area contributed by atoms with Gasteiger partial charge in [-0.15, -0.1) is 0 Å². The first-order valence-electron chi connectivity index (χ1n) is 13.7. The third-order valence-electron chi connectivity index (χ3n) is 7.25. The number of piperazine rings is 1. The van der Waals surface area contributed by atoms with E-state index in [-0.39, 0.29) is 16.0 Å². The summed E-state index contributed by atoms with van der Waals surface area (Å²) >= 11 is 8.66. The van der Waals surface area contributed by atoms with Crippen molar-refractivity contribution in [2.45, 2.75) is 10.9 Å². The Hall–Kier alpha value is -3.61. The van der Waals surface area contributed by atoms with Gasteiger partial charge in [-0.2, -0.15) is 4.31 Å². The van der Waals surface area contributed by atoms with Gasteiger partial charge in [0.05, 0.1) is 23.6 Å². The standard InChI is InChI=1S/C32H31BrN4O4S2/c1-41-29-17-12-25(33)22-28(29)31(38)35-32(42)34-26-13-15-27(16-14-26)43(39,40)37-20-18-36(19-21-37)30(23-8-4-2-5-9-23)24-10-6-3-7-11-24/h2-17,22,30H,18-21H2,1H3,(H2,34,35,38,42). The summed E-state index contributed by atoms with van der Waals surface area (Å²) in [6.07, 6.45) is 0. The molecule has 11 heteroatoms. The summed E-state index contributed by atoms with van der Waals surface area (Å²) in [6.45, 7) is 1.97. The van der Waals surface area contributed by atoms with Crippen LogP contribution < -0.4 is 15.4 Å². The molecule has 43 heavy (non-hydrogen) atoms. The van der Waals surface area contributed by atoms with E-state index >= 15 is 0 Å². The van der Waals surface area contributed by atoms with Gasteiger partial charge in [0.25, 0.3) is 5.91 Å². The molecule has 5 rings (SSSR count). The fourth-order valence-corrected chi connectivity index (χ4v) is 7.13. The molecule has 0 saturated carbocycles. The maximum absolute atomic E-state index is 13.5. The van der Waals surface area contributed by atoms with Crippen molar-refractivity contribution in [3.05, 3.63) is 124 Å². The van der Waals surface area contributed by atoms with Crippen molar-refractivity contribution < 1.29 is 17.9 Å². The van der Waals surface area contributed by atoms with Gasteiger partial charge in [-0.25, -0.2) is 8.42 Å². The van der Waals surface area contributed by atoms with Gasteiger partial charge in [0.1, 0.15) is 5.75 Å². The Kier molecular flexibility index (Phi) is 9.89. The number of hydrogen-bond donors (Lipinski definition) is 2. The number of carbonyl (C=O) groups excluding carboxylic acids is 1. The third-order valence-corrected chi connectivity index (χ3v) is 9.86. The number of nitrogens with zero attached hydrogens (tertiary/aromatic N) is 2. The van der Waals surface area contributed by atoms with E-state index in [4.69, 9.17) is 17.0 Å². The zero-order valence-corrected chi connectivity index (χ0v) is 26.7. The molecule has 1 aliphatic rings. The van der Waals surface area contributed by atoms with Crippen LogP contribution in [0, 0.1) is 0 Å². The van der Waals surface area contributed by atoms with Crippen molar-refractivity contribution in [2.24, 2.45) is 0 Å². The number of thiocarbonyl (C=S) groups is 1. The number of hydrogen-bond acceptors (Lipinski definition) is 6. The van der Waals surface area contributed by atoms with Crippen LogP contribution in [0.4, 0.5) is 5.69 Å². The maximum atomic E-state index is 13.5. The van der Waals surface area contributed by atoms with Crippen molar-refractivity contribution in [2.75, 3.05) is 38.6 Å². The summed E-state index contributed by atoms with van der Waals surface area (Å²) in [7, 11) is -2.21. The summed E-state index contributed by atoms with van der Waals surface area (Å²) in [5, 5.41) is 5.64. The summed E-state index contributed by atoms with van der Waals surface area (Å²) in [4.78, 5) is 15.3. The Morgan fingerprint density at radius 3 is 2.00 bits per heavy atom.